The molecule has 1 aromatic carbocycles. The van der Waals surface area contributed by atoms with Crippen molar-refractivity contribution >= 4 is 11.3 Å². The highest BCUT2D eigenvalue weighted by Crippen LogP contribution is 2.35. The van der Waals surface area contributed by atoms with Crippen LogP contribution in [0.4, 0.5) is 0 Å². The molecule has 22 heavy (non-hydrogen) atoms. The monoisotopic (exact) mass is 310 g/mol. The molecule has 1 aliphatic heterocycles. The van der Waals surface area contributed by atoms with E-state index in [1.807, 2.05) is 12.4 Å². The zero-order valence-corrected chi connectivity index (χ0v) is 13.1. The molecule has 1 aliphatic rings. The van der Waals surface area contributed by atoms with Crippen molar-refractivity contribution in [2.45, 2.75) is 25.4 Å². The molecule has 2 aromatic heterocycles. The molecule has 4 nitrogen and oxygen atoms in total. The Morgan fingerprint density at radius 2 is 2.18 bits per heavy atom. The van der Waals surface area contributed by atoms with Crippen LogP contribution in [0, 0.1) is 0 Å². The van der Waals surface area contributed by atoms with Gasteiger partial charge in [0.05, 0.1) is 6.04 Å². The highest BCUT2D eigenvalue weighted by atomic mass is 32.1. The van der Waals surface area contributed by atoms with Gasteiger partial charge in [-0.15, -0.1) is 11.3 Å². The minimum Gasteiger partial charge on any atom is -0.345 e. The summed E-state index contributed by atoms with van der Waals surface area (Å²) in [5, 5.41) is 3.32. The fourth-order valence-corrected chi connectivity index (χ4v) is 4.02. The Hall–Kier alpha value is -1.98. The molecule has 0 unspecified atom stereocenters. The Morgan fingerprint density at radius 1 is 1.23 bits per heavy atom. The Bertz CT molecular complexity index is 721. The van der Waals surface area contributed by atoms with E-state index in [0.717, 1.165) is 18.9 Å². The van der Waals surface area contributed by atoms with Crippen LogP contribution in [0.5, 0.6) is 0 Å². The van der Waals surface area contributed by atoms with Crippen LogP contribution in [0.1, 0.15) is 29.5 Å². The van der Waals surface area contributed by atoms with Crippen molar-refractivity contribution in [3.05, 3.63) is 58.8 Å². The third kappa shape index (κ3) is 2.58. The molecule has 1 saturated heterocycles. The molecule has 0 saturated carbocycles. The van der Waals surface area contributed by atoms with Crippen LogP contribution in [0.3, 0.4) is 0 Å². The number of benzene rings is 1. The van der Waals surface area contributed by atoms with Crippen LogP contribution < -0.4 is 0 Å². The van der Waals surface area contributed by atoms with E-state index >= 15 is 0 Å². The average molecular weight is 310 g/mol. The van der Waals surface area contributed by atoms with E-state index < -0.39 is 0 Å². The summed E-state index contributed by atoms with van der Waals surface area (Å²) in [6.07, 6.45) is 8.04. The number of rotatable bonds is 4. The van der Waals surface area contributed by atoms with Crippen LogP contribution in [-0.4, -0.2) is 26.4 Å². The minimum absolute atomic E-state index is 0.463. The summed E-state index contributed by atoms with van der Waals surface area (Å²) >= 11 is 1.77. The Balaban J connectivity index is 1.61. The van der Waals surface area contributed by atoms with E-state index in [2.05, 4.69) is 49.5 Å². The van der Waals surface area contributed by atoms with Gasteiger partial charge in [-0.25, -0.2) is 9.97 Å². The molecule has 1 atom stereocenters. The largest absolute Gasteiger partial charge is 0.345 e. The summed E-state index contributed by atoms with van der Waals surface area (Å²) in [4.78, 5) is 14.7. The van der Waals surface area contributed by atoms with Gasteiger partial charge in [0.1, 0.15) is 10.8 Å². The molecule has 1 fully saturated rings. The molecule has 1 N–H and O–H groups in total. The van der Waals surface area contributed by atoms with E-state index in [0.29, 0.717) is 6.04 Å². The summed E-state index contributed by atoms with van der Waals surface area (Å²) in [7, 11) is 0. The van der Waals surface area contributed by atoms with Gasteiger partial charge < -0.3 is 4.98 Å². The second-order valence-corrected chi connectivity index (χ2v) is 6.52. The van der Waals surface area contributed by atoms with Gasteiger partial charge in [-0.2, -0.15) is 0 Å². The van der Waals surface area contributed by atoms with Crippen molar-refractivity contribution in [2.24, 2.45) is 0 Å². The highest BCUT2D eigenvalue weighted by molar-refractivity contribution is 7.09. The third-order valence-electron chi connectivity index (χ3n) is 4.24. The maximum absolute atomic E-state index is 4.52. The lowest BCUT2D eigenvalue weighted by atomic mass is 10.1. The van der Waals surface area contributed by atoms with Crippen LogP contribution in [0.25, 0.3) is 11.4 Å². The number of thiazole rings is 1. The van der Waals surface area contributed by atoms with Crippen molar-refractivity contribution in [3.63, 3.8) is 0 Å². The number of aromatic amines is 1. The van der Waals surface area contributed by atoms with Gasteiger partial charge in [0.2, 0.25) is 0 Å². The molecule has 0 bridgehead atoms. The zero-order chi connectivity index (χ0) is 14.8. The first kappa shape index (κ1) is 13.7. The molecule has 4 rings (SSSR count). The van der Waals surface area contributed by atoms with Crippen molar-refractivity contribution in [1.29, 1.82) is 0 Å². The Morgan fingerprint density at radius 3 is 3.00 bits per heavy atom. The highest BCUT2D eigenvalue weighted by Gasteiger charge is 2.28. The third-order valence-corrected chi connectivity index (χ3v) is 5.12. The van der Waals surface area contributed by atoms with E-state index in [9.17, 15) is 0 Å². The quantitative estimate of drug-likeness (QED) is 0.795. The molecule has 0 radical (unpaired) electrons. The van der Waals surface area contributed by atoms with Crippen molar-refractivity contribution < 1.29 is 0 Å². The lowest BCUT2D eigenvalue weighted by Gasteiger charge is -2.23. The molecule has 112 valence electrons. The fourth-order valence-electron chi connectivity index (χ4n) is 3.21. The van der Waals surface area contributed by atoms with Gasteiger partial charge in [-0.3, -0.25) is 4.90 Å². The van der Waals surface area contributed by atoms with E-state index in [4.69, 9.17) is 0 Å². The lowest BCUT2D eigenvalue weighted by Crippen LogP contribution is -2.23. The minimum atomic E-state index is 0.463. The van der Waals surface area contributed by atoms with Crippen molar-refractivity contribution in [2.75, 3.05) is 6.54 Å². The van der Waals surface area contributed by atoms with Crippen LogP contribution in [0.15, 0.2) is 48.2 Å². The second kappa shape index (κ2) is 6.02. The molecule has 3 heterocycles. The Labute approximate surface area is 133 Å². The number of likely N-dealkylation sites (tertiary alicyclic amines) is 1. The number of nitrogens with zero attached hydrogens (tertiary/aromatic N) is 3. The summed E-state index contributed by atoms with van der Waals surface area (Å²) in [5.41, 5.74) is 2.51. The predicted molar refractivity (Wildman–Crippen MR) is 88.5 cm³/mol. The summed E-state index contributed by atoms with van der Waals surface area (Å²) in [6, 6.07) is 8.99. The van der Waals surface area contributed by atoms with Gasteiger partial charge in [0.25, 0.3) is 0 Å². The fraction of sp³-hybridized carbons (Fsp3) is 0.294. The van der Waals surface area contributed by atoms with E-state index in [-0.39, 0.29) is 0 Å². The molecule has 5 heteroatoms. The molecular weight excluding hydrogens is 292 g/mol. The summed E-state index contributed by atoms with van der Waals surface area (Å²) in [6.45, 7) is 2.08. The average Bonchev–Trinajstić information content (AvgIpc) is 3.30. The van der Waals surface area contributed by atoms with Gasteiger partial charge in [-0.05, 0) is 24.9 Å². The predicted octanol–water partition coefficient (Wildman–Crippen LogP) is 3.87. The zero-order valence-electron chi connectivity index (χ0n) is 12.3. The number of nitrogens with one attached hydrogen (secondary N) is 1. The van der Waals surface area contributed by atoms with Crippen LogP contribution >= 0.6 is 11.3 Å². The van der Waals surface area contributed by atoms with E-state index in [1.54, 1.807) is 17.5 Å². The summed E-state index contributed by atoms with van der Waals surface area (Å²) in [5.74, 6) is 0.945. The van der Waals surface area contributed by atoms with Gasteiger partial charge >= 0.3 is 0 Å². The van der Waals surface area contributed by atoms with Crippen molar-refractivity contribution in [1.82, 2.24) is 19.9 Å². The van der Waals surface area contributed by atoms with E-state index in [1.165, 1.54) is 29.0 Å². The lowest BCUT2D eigenvalue weighted by molar-refractivity contribution is 0.248. The van der Waals surface area contributed by atoms with Gasteiger partial charge in [0.15, 0.2) is 0 Å². The SMILES string of the molecule is c1ccc(-c2ncc[nH]2)c(CN2CCC[C@@H]2c2nccs2)c1. The topological polar surface area (TPSA) is 44.8 Å². The van der Waals surface area contributed by atoms with Crippen molar-refractivity contribution in [3.8, 4) is 11.4 Å². The maximum Gasteiger partial charge on any atom is 0.137 e. The maximum atomic E-state index is 4.52. The summed E-state index contributed by atoms with van der Waals surface area (Å²) < 4.78 is 0. The number of hydrogen-bond acceptors (Lipinski definition) is 4. The van der Waals surface area contributed by atoms with Crippen LogP contribution in [-0.2, 0) is 6.54 Å². The Kier molecular flexibility index (Phi) is 3.74. The number of H-pyrrole nitrogens is 1. The van der Waals surface area contributed by atoms with Crippen LogP contribution in [0.2, 0.25) is 0 Å². The normalized spacial score (nSPS) is 18.8. The molecule has 0 amide bonds. The molecular formula is C17H18N4S. The van der Waals surface area contributed by atoms with Gasteiger partial charge in [0, 0.05) is 36.1 Å². The number of imidazole rings is 1. The number of hydrogen-bond donors (Lipinski definition) is 1. The number of aromatic nitrogens is 3. The second-order valence-electron chi connectivity index (χ2n) is 5.59. The molecule has 0 spiro atoms. The molecule has 0 aliphatic carbocycles. The molecule has 3 aromatic rings. The standard InChI is InChI=1S/C17H18N4S/c1-2-5-14(16-18-7-8-19-16)13(4-1)12-21-10-3-6-15(21)17-20-9-11-22-17/h1-2,4-5,7-9,11,15H,3,6,10,12H2,(H,18,19)/t15-/m1/s1. The first-order valence-electron chi connectivity index (χ1n) is 7.63. The first-order chi connectivity index (χ1) is 10.9. The first-order valence-corrected chi connectivity index (χ1v) is 8.51. The smallest absolute Gasteiger partial charge is 0.137 e. The van der Waals surface area contributed by atoms with Gasteiger partial charge in [-0.1, -0.05) is 24.3 Å².